The van der Waals surface area contributed by atoms with E-state index < -0.39 is 5.97 Å². The maximum atomic E-state index is 11.1. The van der Waals surface area contributed by atoms with Gasteiger partial charge in [-0.3, -0.25) is 4.79 Å². The number of benzene rings is 1. The van der Waals surface area contributed by atoms with Crippen LogP contribution in [0.5, 0.6) is 11.5 Å². The molecule has 0 bridgehead atoms. The Labute approximate surface area is 125 Å². The van der Waals surface area contributed by atoms with E-state index in [4.69, 9.17) is 14.6 Å². The number of hydrogen-bond acceptors (Lipinski definition) is 4. The van der Waals surface area contributed by atoms with E-state index in [1.165, 1.54) is 0 Å². The smallest absolute Gasteiger partial charge is 0.306 e. The molecule has 2 unspecified atom stereocenters. The number of aliphatic carboxylic acids is 1. The van der Waals surface area contributed by atoms with Crippen molar-refractivity contribution in [1.82, 2.24) is 5.32 Å². The van der Waals surface area contributed by atoms with E-state index in [0.717, 1.165) is 37.3 Å². The SMILES string of the molecule is COc1ccccc1OCCNCC1CCCC1C(=O)O. The van der Waals surface area contributed by atoms with Gasteiger partial charge in [-0.2, -0.15) is 0 Å². The number of para-hydroxylation sites is 2. The second-order valence-electron chi connectivity index (χ2n) is 5.34. The number of carboxylic acid groups (broad SMARTS) is 1. The minimum absolute atomic E-state index is 0.187. The Hall–Kier alpha value is -1.75. The van der Waals surface area contributed by atoms with Crippen LogP contribution in [0, 0.1) is 11.8 Å². The van der Waals surface area contributed by atoms with Gasteiger partial charge in [0, 0.05) is 6.54 Å². The molecule has 0 heterocycles. The molecule has 0 aromatic heterocycles. The minimum Gasteiger partial charge on any atom is -0.493 e. The molecule has 5 nitrogen and oxygen atoms in total. The summed E-state index contributed by atoms with van der Waals surface area (Å²) in [6.45, 7) is 1.97. The van der Waals surface area contributed by atoms with Crippen LogP contribution < -0.4 is 14.8 Å². The van der Waals surface area contributed by atoms with Gasteiger partial charge in [0.05, 0.1) is 13.0 Å². The molecular formula is C16H23NO4. The van der Waals surface area contributed by atoms with Crippen LogP contribution in [0.3, 0.4) is 0 Å². The van der Waals surface area contributed by atoms with E-state index in [0.29, 0.717) is 13.2 Å². The van der Waals surface area contributed by atoms with Gasteiger partial charge in [0.1, 0.15) is 6.61 Å². The van der Waals surface area contributed by atoms with Crippen molar-refractivity contribution < 1.29 is 19.4 Å². The molecular weight excluding hydrogens is 270 g/mol. The molecule has 0 spiro atoms. The molecule has 116 valence electrons. The van der Waals surface area contributed by atoms with Crippen LogP contribution in [0.4, 0.5) is 0 Å². The van der Waals surface area contributed by atoms with Crippen molar-refractivity contribution in [2.24, 2.45) is 11.8 Å². The van der Waals surface area contributed by atoms with Crippen molar-refractivity contribution in [3.8, 4) is 11.5 Å². The van der Waals surface area contributed by atoms with Gasteiger partial charge in [-0.15, -0.1) is 0 Å². The highest BCUT2D eigenvalue weighted by Gasteiger charge is 2.32. The maximum Gasteiger partial charge on any atom is 0.306 e. The predicted molar refractivity (Wildman–Crippen MR) is 79.8 cm³/mol. The molecule has 0 aliphatic heterocycles. The number of nitrogens with one attached hydrogen (secondary N) is 1. The van der Waals surface area contributed by atoms with Gasteiger partial charge in [0.25, 0.3) is 0 Å². The minimum atomic E-state index is -0.662. The third kappa shape index (κ3) is 4.36. The lowest BCUT2D eigenvalue weighted by molar-refractivity contribution is -0.142. The standard InChI is InChI=1S/C16H23NO4/c1-20-14-7-2-3-8-15(14)21-10-9-17-11-12-5-4-6-13(12)16(18)19/h2-3,7-8,12-13,17H,4-6,9-11H2,1H3,(H,18,19). The molecule has 1 aromatic rings. The van der Waals surface area contributed by atoms with Crippen molar-refractivity contribution in [3.05, 3.63) is 24.3 Å². The van der Waals surface area contributed by atoms with E-state index in [2.05, 4.69) is 5.32 Å². The molecule has 1 aliphatic carbocycles. The average molecular weight is 293 g/mol. The van der Waals surface area contributed by atoms with Crippen molar-refractivity contribution in [1.29, 1.82) is 0 Å². The van der Waals surface area contributed by atoms with Gasteiger partial charge in [0.15, 0.2) is 11.5 Å². The van der Waals surface area contributed by atoms with Crippen LogP contribution >= 0.6 is 0 Å². The van der Waals surface area contributed by atoms with E-state index in [1.54, 1.807) is 7.11 Å². The lowest BCUT2D eigenvalue weighted by Crippen LogP contribution is -2.31. The summed E-state index contributed by atoms with van der Waals surface area (Å²) in [5.74, 6) is 0.844. The zero-order valence-corrected chi connectivity index (χ0v) is 12.4. The van der Waals surface area contributed by atoms with Crippen LogP contribution in [-0.4, -0.2) is 37.9 Å². The lowest BCUT2D eigenvalue weighted by Gasteiger charge is -2.16. The Morgan fingerprint density at radius 3 is 2.81 bits per heavy atom. The summed E-state index contributed by atoms with van der Waals surface area (Å²) in [4.78, 5) is 11.1. The molecule has 1 saturated carbocycles. The summed E-state index contributed by atoms with van der Waals surface area (Å²) >= 11 is 0. The van der Waals surface area contributed by atoms with Crippen molar-refractivity contribution in [2.75, 3.05) is 26.8 Å². The van der Waals surface area contributed by atoms with Gasteiger partial charge in [-0.1, -0.05) is 18.6 Å². The first kappa shape index (κ1) is 15.6. The van der Waals surface area contributed by atoms with Crippen LogP contribution in [0.2, 0.25) is 0 Å². The Bertz CT molecular complexity index is 463. The molecule has 0 saturated heterocycles. The first-order valence-corrected chi connectivity index (χ1v) is 7.41. The Balaban J connectivity index is 1.67. The van der Waals surface area contributed by atoms with Gasteiger partial charge >= 0.3 is 5.97 Å². The predicted octanol–water partition coefficient (Wildman–Crippen LogP) is 2.16. The molecule has 0 amide bonds. The van der Waals surface area contributed by atoms with Gasteiger partial charge in [-0.05, 0) is 37.4 Å². The van der Waals surface area contributed by atoms with Crippen LogP contribution in [-0.2, 0) is 4.79 Å². The van der Waals surface area contributed by atoms with Gasteiger partial charge in [0.2, 0.25) is 0 Å². The summed E-state index contributed by atoms with van der Waals surface area (Å²) in [5, 5.41) is 12.4. The number of rotatable bonds is 8. The normalized spacial score (nSPS) is 21.2. The van der Waals surface area contributed by atoms with Gasteiger partial charge < -0.3 is 19.9 Å². The Morgan fingerprint density at radius 1 is 1.33 bits per heavy atom. The molecule has 21 heavy (non-hydrogen) atoms. The fourth-order valence-electron chi connectivity index (χ4n) is 2.86. The molecule has 2 atom stereocenters. The third-order valence-corrected chi connectivity index (χ3v) is 3.99. The Kier molecular flexibility index (Phi) is 5.87. The molecule has 1 fully saturated rings. The molecule has 5 heteroatoms. The van der Waals surface area contributed by atoms with Crippen LogP contribution in [0.25, 0.3) is 0 Å². The summed E-state index contributed by atoms with van der Waals surface area (Å²) in [7, 11) is 1.62. The fraction of sp³-hybridized carbons (Fsp3) is 0.562. The first-order chi connectivity index (χ1) is 10.2. The largest absolute Gasteiger partial charge is 0.493 e. The topological polar surface area (TPSA) is 67.8 Å². The monoisotopic (exact) mass is 293 g/mol. The maximum absolute atomic E-state index is 11.1. The lowest BCUT2D eigenvalue weighted by atomic mass is 9.96. The molecule has 2 N–H and O–H groups in total. The first-order valence-electron chi connectivity index (χ1n) is 7.41. The summed E-state index contributed by atoms with van der Waals surface area (Å²) in [5.41, 5.74) is 0. The van der Waals surface area contributed by atoms with Gasteiger partial charge in [-0.25, -0.2) is 0 Å². The third-order valence-electron chi connectivity index (χ3n) is 3.99. The summed E-state index contributed by atoms with van der Waals surface area (Å²) in [6.07, 6.45) is 2.82. The van der Waals surface area contributed by atoms with E-state index >= 15 is 0 Å². The molecule has 1 aromatic carbocycles. The number of carboxylic acids is 1. The summed E-state index contributed by atoms with van der Waals surface area (Å²) < 4.78 is 10.9. The van der Waals surface area contributed by atoms with E-state index in [-0.39, 0.29) is 11.8 Å². The highest BCUT2D eigenvalue weighted by atomic mass is 16.5. The number of ether oxygens (including phenoxy) is 2. The molecule has 1 aliphatic rings. The quantitative estimate of drug-likeness (QED) is 0.719. The highest BCUT2D eigenvalue weighted by molar-refractivity contribution is 5.70. The summed E-state index contributed by atoms with van der Waals surface area (Å²) in [6, 6.07) is 7.53. The molecule has 0 radical (unpaired) electrons. The highest BCUT2D eigenvalue weighted by Crippen LogP contribution is 2.31. The number of carbonyl (C=O) groups is 1. The number of methoxy groups -OCH3 is 1. The molecule has 2 rings (SSSR count). The van der Waals surface area contributed by atoms with Crippen molar-refractivity contribution >= 4 is 5.97 Å². The number of hydrogen-bond donors (Lipinski definition) is 2. The van der Waals surface area contributed by atoms with Crippen molar-refractivity contribution in [3.63, 3.8) is 0 Å². The van der Waals surface area contributed by atoms with Crippen LogP contribution in [0.1, 0.15) is 19.3 Å². The second kappa shape index (κ2) is 7.88. The van der Waals surface area contributed by atoms with Crippen LogP contribution in [0.15, 0.2) is 24.3 Å². The zero-order chi connectivity index (χ0) is 15.1. The second-order valence-corrected chi connectivity index (χ2v) is 5.34. The van der Waals surface area contributed by atoms with E-state index in [1.807, 2.05) is 24.3 Å². The fourth-order valence-corrected chi connectivity index (χ4v) is 2.86. The average Bonchev–Trinajstić information content (AvgIpc) is 2.96. The van der Waals surface area contributed by atoms with E-state index in [9.17, 15) is 4.79 Å². The van der Waals surface area contributed by atoms with Crippen molar-refractivity contribution in [2.45, 2.75) is 19.3 Å². The zero-order valence-electron chi connectivity index (χ0n) is 12.4. The Morgan fingerprint density at radius 2 is 2.10 bits per heavy atom.